The first kappa shape index (κ1) is 18.6. The van der Waals surface area contributed by atoms with Crippen molar-refractivity contribution in [3.05, 3.63) is 88.4 Å². The second-order valence-corrected chi connectivity index (χ2v) is 7.75. The van der Waals surface area contributed by atoms with E-state index in [-0.39, 0.29) is 5.91 Å². The molecule has 28 heavy (non-hydrogen) atoms. The Labute approximate surface area is 172 Å². The highest BCUT2D eigenvalue weighted by Gasteiger charge is 2.28. The summed E-state index contributed by atoms with van der Waals surface area (Å²) in [5.41, 5.74) is 2.51. The number of rotatable bonds is 3. The Balaban J connectivity index is 1.88. The molecule has 0 spiro atoms. The topological polar surface area (TPSA) is 46.6 Å². The van der Waals surface area contributed by atoms with Gasteiger partial charge in [0.2, 0.25) is 0 Å². The third kappa shape index (κ3) is 3.39. The highest BCUT2D eigenvalue weighted by Crippen LogP contribution is 2.42. The van der Waals surface area contributed by atoms with Crippen LogP contribution in [0.5, 0.6) is 0 Å². The van der Waals surface area contributed by atoms with Crippen molar-refractivity contribution in [2.24, 2.45) is 0 Å². The number of benzene rings is 3. The lowest BCUT2D eigenvalue weighted by atomic mass is 10.1. The summed E-state index contributed by atoms with van der Waals surface area (Å²) in [4.78, 5) is 28.9. The maximum Gasteiger partial charge on any atom is 0.337 e. The highest BCUT2D eigenvalue weighted by atomic mass is 35.5. The molecule has 1 heterocycles. The predicted molar refractivity (Wildman–Crippen MR) is 110 cm³/mol. The number of amides is 1. The van der Waals surface area contributed by atoms with Gasteiger partial charge in [0.1, 0.15) is 0 Å². The SMILES string of the molecule is COC(=O)c1ccc2c(c1)N(Cc1ccccc1Cl)C(=O)c1ccccc1S2. The number of hydrogen-bond donors (Lipinski definition) is 0. The predicted octanol–water partition coefficient (Wildman–Crippen LogP) is 5.44. The van der Waals surface area contributed by atoms with Crippen LogP contribution < -0.4 is 4.90 Å². The molecule has 140 valence electrons. The van der Waals surface area contributed by atoms with Crippen molar-refractivity contribution in [1.29, 1.82) is 0 Å². The maximum absolute atomic E-state index is 13.4. The minimum atomic E-state index is -0.445. The summed E-state index contributed by atoms with van der Waals surface area (Å²) in [6, 6.07) is 20.2. The number of nitrogens with zero attached hydrogens (tertiary/aromatic N) is 1. The number of carbonyl (C=O) groups is 2. The highest BCUT2D eigenvalue weighted by molar-refractivity contribution is 7.99. The molecule has 4 rings (SSSR count). The van der Waals surface area contributed by atoms with E-state index in [9.17, 15) is 9.59 Å². The first-order chi connectivity index (χ1) is 13.6. The van der Waals surface area contributed by atoms with E-state index in [2.05, 4.69) is 0 Å². The molecule has 0 saturated heterocycles. The van der Waals surface area contributed by atoms with Gasteiger partial charge in [0.25, 0.3) is 5.91 Å². The maximum atomic E-state index is 13.4. The smallest absolute Gasteiger partial charge is 0.337 e. The average molecular weight is 410 g/mol. The van der Waals surface area contributed by atoms with Gasteiger partial charge in [-0.15, -0.1) is 0 Å². The van der Waals surface area contributed by atoms with Gasteiger partial charge in [-0.1, -0.05) is 53.7 Å². The first-order valence-corrected chi connectivity index (χ1v) is 9.82. The molecule has 0 saturated carbocycles. The summed E-state index contributed by atoms with van der Waals surface area (Å²) >= 11 is 7.85. The van der Waals surface area contributed by atoms with Crippen LogP contribution in [-0.2, 0) is 11.3 Å². The van der Waals surface area contributed by atoms with Crippen molar-refractivity contribution < 1.29 is 14.3 Å². The number of ether oxygens (including phenoxy) is 1. The van der Waals surface area contributed by atoms with Gasteiger partial charge < -0.3 is 9.64 Å². The van der Waals surface area contributed by atoms with E-state index in [1.807, 2.05) is 48.5 Å². The molecule has 3 aromatic rings. The third-order valence-corrected chi connectivity index (χ3v) is 6.05. The third-order valence-electron chi connectivity index (χ3n) is 4.54. The molecule has 4 nitrogen and oxygen atoms in total. The fourth-order valence-corrected chi connectivity index (χ4v) is 4.37. The number of anilines is 1. The van der Waals surface area contributed by atoms with Crippen LogP contribution in [0.2, 0.25) is 5.02 Å². The van der Waals surface area contributed by atoms with E-state index in [1.165, 1.54) is 18.9 Å². The zero-order valence-corrected chi connectivity index (χ0v) is 16.6. The summed E-state index contributed by atoms with van der Waals surface area (Å²) in [5.74, 6) is -0.580. The molecule has 0 bridgehead atoms. The molecule has 0 unspecified atom stereocenters. The summed E-state index contributed by atoms with van der Waals surface area (Å²) < 4.78 is 4.85. The number of hydrogen-bond acceptors (Lipinski definition) is 4. The molecular formula is C22H16ClNO3S. The monoisotopic (exact) mass is 409 g/mol. The van der Waals surface area contributed by atoms with Crippen molar-refractivity contribution >= 4 is 40.9 Å². The molecule has 3 aromatic carbocycles. The summed E-state index contributed by atoms with van der Waals surface area (Å²) in [5, 5.41) is 0.589. The van der Waals surface area contributed by atoms with Crippen LogP contribution in [0, 0.1) is 0 Å². The van der Waals surface area contributed by atoms with Gasteiger partial charge in [0, 0.05) is 14.8 Å². The average Bonchev–Trinajstić information content (AvgIpc) is 2.83. The van der Waals surface area contributed by atoms with Crippen molar-refractivity contribution in [1.82, 2.24) is 0 Å². The molecule has 6 heteroatoms. The van der Waals surface area contributed by atoms with E-state index in [0.717, 1.165) is 15.4 Å². The molecule has 0 radical (unpaired) electrons. The van der Waals surface area contributed by atoms with E-state index < -0.39 is 5.97 Å². The zero-order chi connectivity index (χ0) is 19.7. The van der Waals surface area contributed by atoms with Crippen molar-refractivity contribution in [2.75, 3.05) is 12.0 Å². The van der Waals surface area contributed by atoms with E-state index in [0.29, 0.717) is 28.4 Å². The Bertz CT molecular complexity index is 1080. The Morgan fingerprint density at radius 3 is 2.57 bits per heavy atom. The summed E-state index contributed by atoms with van der Waals surface area (Å²) in [6.45, 7) is 0.297. The normalized spacial score (nSPS) is 12.8. The van der Waals surface area contributed by atoms with E-state index >= 15 is 0 Å². The number of carbonyl (C=O) groups excluding carboxylic acids is 2. The van der Waals surface area contributed by atoms with Gasteiger partial charge in [-0.05, 0) is 42.0 Å². The van der Waals surface area contributed by atoms with Gasteiger partial charge in [0.15, 0.2) is 0 Å². The molecule has 0 fully saturated rings. The van der Waals surface area contributed by atoms with E-state index in [1.54, 1.807) is 23.1 Å². The molecule has 0 atom stereocenters. The van der Waals surface area contributed by atoms with Crippen LogP contribution in [0.4, 0.5) is 5.69 Å². The van der Waals surface area contributed by atoms with Crippen LogP contribution >= 0.6 is 23.4 Å². The van der Waals surface area contributed by atoms with Gasteiger partial charge >= 0.3 is 5.97 Å². The quantitative estimate of drug-likeness (QED) is 0.540. The number of halogens is 1. The molecule has 0 N–H and O–H groups in total. The van der Waals surface area contributed by atoms with Crippen LogP contribution in [0.1, 0.15) is 26.3 Å². The lowest BCUT2D eigenvalue weighted by Gasteiger charge is -2.24. The number of esters is 1. The second kappa shape index (κ2) is 7.70. The number of methoxy groups -OCH3 is 1. The molecule has 1 aliphatic heterocycles. The minimum Gasteiger partial charge on any atom is -0.465 e. The lowest BCUT2D eigenvalue weighted by molar-refractivity contribution is 0.0600. The summed E-state index contributed by atoms with van der Waals surface area (Å²) in [6.07, 6.45) is 0. The Hall–Kier alpha value is -2.76. The van der Waals surface area contributed by atoms with Gasteiger partial charge in [-0.2, -0.15) is 0 Å². The van der Waals surface area contributed by atoms with Gasteiger partial charge in [0.05, 0.1) is 30.5 Å². The molecule has 1 amide bonds. The standard InChI is InChI=1S/C22H16ClNO3S/c1-27-22(26)14-10-11-20-18(12-14)24(13-15-6-2-4-8-17(15)23)21(25)16-7-3-5-9-19(16)28-20/h2-12H,13H2,1H3. The first-order valence-electron chi connectivity index (χ1n) is 8.63. The summed E-state index contributed by atoms with van der Waals surface area (Å²) in [7, 11) is 1.34. The Kier molecular flexibility index (Phi) is 5.11. The molecule has 0 aromatic heterocycles. The van der Waals surface area contributed by atoms with Crippen LogP contribution in [0.3, 0.4) is 0 Å². The Morgan fingerprint density at radius 1 is 1.04 bits per heavy atom. The van der Waals surface area contributed by atoms with Gasteiger partial charge in [-0.3, -0.25) is 4.79 Å². The van der Waals surface area contributed by atoms with Crippen molar-refractivity contribution in [3.63, 3.8) is 0 Å². The fourth-order valence-electron chi connectivity index (χ4n) is 3.12. The molecule has 0 aliphatic carbocycles. The molecular weight excluding hydrogens is 394 g/mol. The van der Waals surface area contributed by atoms with Crippen LogP contribution in [0.15, 0.2) is 76.5 Å². The van der Waals surface area contributed by atoms with Crippen molar-refractivity contribution in [2.45, 2.75) is 16.3 Å². The zero-order valence-electron chi connectivity index (χ0n) is 15.0. The lowest BCUT2D eigenvalue weighted by Crippen LogP contribution is -2.30. The largest absolute Gasteiger partial charge is 0.465 e. The van der Waals surface area contributed by atoms with Crippen LogP contribution in [-0.4, -0.2) is 19.0 Å². The number of fused-ring (bicyclic) bond motifs is 2. The van der Waals surface area contributed by atoms with Crippen molar-refractivity contribution in [3.8, 4) is 0 Å². The minimum absolute atomic E-state index is 0.135. The Morgan fingerprint density at radius 2 is 1.79 bits per heavy atom. The van der Waals surface area contributed by atoms with Gasteiger partial charge in [-0.25, -0.2) is 4.79 Å². The molecule has 1 aliphatic rings. The van der Waals surface area contributed by atoms with Crippen LogP contribution in [0.25, 0.3) is 0 Å². The van der Waals surface area contributed by atoms with E-state index in [4.69, 9.17) is 16.3 Å². The fraction of sp³-hybridized carbons (Fsp3) is 0.0909. The second-order valence-electron chi connectivity index (χ2n) is 6.26.